The summed E-state index contributed by atoms with van der Waals surface area (Å²) >= 11 is 3.47. The number of hydrazone groups is 1. The first-order valence-corrected chi connectivity index (χ1v) is 7.13. The van der Waals surface area contributed by atoms with Gasteiger partial charge in [0.1, 0.15) is 0 Å². The van der Waals surface area contributed by atoms with Gasteiger partial charge in [0.2, 0.25) is 0 Å². The van der Waals surface area contributed by atoms with E-state index in [9.17, 15) is 0 Å². The second-order valence-corrected chi connectivity index (χ2v) is 5.71. The summed E-state index contributed by atoms with van der Waals surface area (Å²) < 4.78 is 1.12. The Bertz CT molecular complexity index is 604. The Morgan fingerprint density at radius 1 is 1.11 bits per heavy atom. The molecular formula is C16H15BrN2. The van der Waals surface area contributed by atoms with Gasteiger partial charge in [-0.25, -0.2) is 0 Å². The van der Waals surface area contributed by atoms with Gasteiger partial charge in [-0.1, -0.05) is 52.3 Å². The first kappa shape index (κ1) is 12.4. The topological polar surface area (TPSA) is 15.6 Å². The summed E-state index contributed by atoms with van der Waals surface area (Å²) in [5.74, 6) is 0. The molecule has 0 saturated heterocycles. The van der Waals surface area contributed by atoms with Crippen LogP contribution in [-0.4, -0.2) is 18.3 Å². The van der Waals surface area contributed by atoms with Gasteiger partial charge in [-0.05, 0) is 35.2 Å². The predicted octanol–water partition coefficient (Wildman–Crippen LogP) is 4.01. The third-order valence-electron chi connectivity index (χ3n) is 3.53. The Balaban J connectivity index is 1.91. The summed E-state index contributed by atoms with van der Waals surface area (Å²) in [6.07, 6.45) is 2.91. The summed E-state index contributed by atoms with van der Waals surface area (Å²) in [5, 5.41) is 6.51. The van der Waals surface area contributed by atoms with Crippen molar-refractivity contribution >= 4 is 22.1 Å². The fraction of sp³-hybridized carbons (Fsp3) is 0.188. The third kappa shape index (κ3) is 2.56. The molecule has 0 aromatic heterocycles. The van der Waals surface area contributed by atoms with Crippen LogP contribution < -0.4 is 0 Å². The average Bonchev–Trinajstić information content (AvgIpc) is 2.44. The van der Waals surface area contributed by atoms with Crippen molar-refractivity contribution in [3.05, 3.63) is 69.7 Å². The lowest BCUT2D eigenvalue weighted by Gasteiger charge is -2.30. The second-order valence-electron chi connectivity index (χ2n) is 4.79. The van der Waals surface area contributed by atoms with E-state index in [2.05, 4.69) is 69.6 Å². The molecule has 1 aliphatic rings. The molecule has 0 fully saturated rings. The van der Waals surface area contributed by atoms with Gasteiger partial charge in [0, 0.05) is 11.5 Å². The zero-order chi connectivity index (χ0) is 13.2. The maximum absolute atomic E-state index is 4.47. The van der Waals surface area contributed by atoms with Crippen molar-refractivity contribution < 1.29 is 0 Å². The van der Waals surface area contributed by atoms with Crippen molar-refractivity contribution in [1.29, 1.82) is 0 Å². The average molecular weight is 315 g/mol. The Hall–Kier alpha value is -1.61. The molecular weight excluding hydrogens is 300 g/mol. The van der Waals surface area contributed by atoms with E-state index in [4.69, 9.17) is 0 Å². The van der Waals surface area contributed by atoms with Crippen LogP contribution in [0.1, 0.15) is 22.7 Å². The lowest BCUT2D eigenvalue weighted by atomic mass is 9.94. The van der Waals surface area contributed by atoms with Crippen LogP contribution in [-0.2, 0) is 6.42 Å². The molecule has 0 amide bonds. The summed E-state index contributed by atoms with van der Waals surface area (Å²) in [6, 6.07) is 17.3. The van der Waals surface area contributed by atoms with Gasteiger partial charge in [-0.2, -0.15) is 5.10 Å². The SMILES string of the molecule is CN1N=Cc2ccccc2C1Cc1ccc(Br)cc1. The van der Waals surface area contributed by atoms with E-state index in [1.54, 1.807) is 0 Å². The predicted molar refractivity (Wildman–Crippen MR) is 82.4 cm³/mol. The van der Waals surface area contributed by atoms with Gasteiger partial charge in [-0.3, -0.25) is 5.01 Å². The largest absolute Gasteiger partial charge is 0.292 e. The molecule has 0 saturated carbocycles. The van der Waals surface area contributed by atoms with Crippen LogP contribution in [0.25, 0.3) is 0 Å². The van der Waals surface area contributed by atoms with E-state index in [0.29, 0.717) is 6.04 Å². The van der Waals surface area contributed by atoms with Crippen LogP contribution in [0, 0.1) is 0 Å². The van der Waals surface area contributed by atoms with Gasteiger partial charge >= 0.3 is 0 Å². The van der Waals surface area contributed by atoms with E-state index >= 15 is 0 Å². The van der Waals surface area contributed by atoms with Crippen LogP contribution in [0.5, 0.6) is 0 Å². The molecule has 0 N–H and O–H groups in total. The van der Waals surface area contributed by atoms with E-state index < -0.39 is 0 Å². The lowest BCUT2D eigenvalue weighted by Crippen LogP contribution is -2.26. The molecule has 3 rings (SSSR count). The minimum atomic E-state index is 0.308. The molecule has 0 bridgehead atoms. The third-order valence-corrected chi connectivity index (χ3v) is 4.06. The van der Waals surface area contributed by atoms with E-state index in [1.165, 1.54) is 16.7 Å². The highest BCUT2D eigenvalue weighted by molar-refractivity contribution is 9.10. The van der Waals surface area contributed by atoms with Crippen molar-refractivity contribution in [2.24, 2.45) is 5.10 Å². The standard InChI is InChI=1S/C16H15BrN2/c1-19-16(10-12-6-8-14(17)9-7-12)15-5-3-2-4-13(15)11-18-19/h2-9,11,16H,10H2,1H3. The highest BCUT2D eigenvalue weighted by atomic mass is 79.9. The number of hydrogen-bond acceptors (Lipinski definition) is 2. The van der Waals surface area contributed by atoms with Gasteiger partial charge in [0.15, 0.2) is 0 Å². The van der Waals surface area contributed by atoms with Gasteiger partial charge < -0.3 is 0 Å². The second kappa shape index (κ2) is 5.17. The fourth-order valence-electron chi connectivity index (χ4n) is 2.45. The van der Waals surface area contributed by atoms with Crippen LogP contribution >= 0.6 is 15.9 Å². The summed E-state index contributed by atoms with van der Waals surface area (Å²) in [5.41, 5.74) is 3.90. The highest BCUT2D eigenvalue weighted by Gasteiger charge is 2.21. The highest BCUT2D eigenvalue weighted by Crippen LogP contribution is 2.29. The number of hydrogen-bond donors (Lipinski definition) is 0. The zero-order valence-corrected chi connectivity index (χ0v) is 12.3. The van der Waals surface area contributed by atoms with Crippen molar-refractivity contribution in [1.82, 2.24) is 5.01 Å². The van der Waals surface area contributed by atoms with Crippen LogP contribution in [0.4, 0.5) is 0 Å². The molecule has 96 valence electrons. The van der Waals surface area contributed by atoms with Crippen molar-refractivity contribution in [2.75, 3.05) is 7.05 Å². The Morgan fingerprint density at radius 3 is 2.63 bits per heavy atom. The minimum Gasteiger partial charge on any atom is -0.292 e. The molecule has 1 heterocycles. The first-order chi connectivity index (χ1) is 9.24. The van der Waals surface area contributed by atoms with Crippen molar-refractivity contribution in [3.63, 3.8) is 0 Å². The van der Waals surface area contributed by atoms with Crippen molar-refractivity contribution in [3.8, 4) is 0 Å². The molecule has 0 radical (unpaired) electrons. The normalized spacial score (nSPS) is 17.4. The molecule has 1 unspecified atom stereocenters. The fourth-order valence-corrected chi connectivity index (χ4v) is 2.72. The maximum Gasteiger partial charge on any atom is 0.0763 e. The van der Waals surface area contributed by atoms with Crippen molar-refractivity contribution in [2.45, 2.75) is 12.5 Å². The molecule has 3 heteroatoms. The number of fused-ring (bicyclic) bond motifs is 1. The number of likely N-dealkylation sites (N-methyl/N-ethyl adjacent to an activating group) is 1. The molecule has 2 aromatic rings. The minimum absolute atomic E-state index is 0.308. The summed E-state index contributed by atoms with van der Waals surface area (Å²) in [6.45, 7) is 0. The van der Waals surface area contributed by atoms with Gasteiger partial charge in [0.25, 0.3) is 0 Å². The molecule has 2 nitrogen and oxygen atoms in total. The van der Waals surface area contributed by atoms with Crippen LogP contribution in [0.15, 0.2) is 58.1 Å². The quantitative estimate of drug-likeness (QED) is 0.817. The summed E-state index contributed by atoms with van der Waals surface area (Å²) in [7, 11) is 2.04. The zero-order valence-electron chi connectivity index (χ0n) is 10.8. The number of benzene rings is 2. The number of halogens is 1. The lowest BCUT2D eigenvalue weighted by molar-refractivity contribution is 0.251. The number of nitrogens with zero attached hydrogens (tertiary/aromatic N) is 2. The van der Waals surface area contributed by atoms with E-state index in [-0.39, 0.29) is 0 Å². The molecule has 1 aliphatic heterocycles. The van der Waals surface area contributed by atoms with E-state index in [1.807, 2.05) is 18.3 Å². The molecule has 1 atom stereocenters. The summed E-state index contributed by atoms with van der Waals surface area (Å²) in [4.78, 5) is 0. The molecule has 2 aromatic carbocycles. The Morgan fingerprint density at radius 2 is 1.84 bits per heavy atom. The number of rotatable bonds is 2. The van der Waals surface area contributed by atoms with Gasteiger partial charge in [-0.15, -0.1) is 0 Å². The van der Waals surface area contributed by atoms with Gasteiger partial charge in [0.05, 0.1) is 12.3 Å². The molecule has 19 heavy (non-hydrogen) atoms. The Kier molecular flexibility index (Phi) is 3.38. The van der Waals surface area contributed by atoms with Crippen LogP contribution in [0.2, 0.25) is 0 Å². The maximum atomic E-state index is 4.47. The smallest absolute Gasteiger partial charge is 0.0763 e. The molecule has 0 aliphatic carbocycles. The first-order valence-electron chi connectivity index (χ1n) is 6.34. The molecule has 0 spiro atoms. The Labute approximate surface area is 121 Å². The monoisotopic (exact) mass is 314 g/mol. The van der Waals surface area contributed by atoms with Crippen LogP contribution in [0.3, 0.4) is 0 Å². The van der Waals surface area contributed by atoms with E-state index in [0.717, 1.165) is 10.9 Å².